The van der Waals surface area contributed by atoms with E-state index in [-0.39, 0.29) is 0 Å². The summed E-state index contributed by atoms with van der Waals surface area (Å²) in [5.74, 6) is 1.73. The molecule has 4 heteroatoms. The lowest BCUT2D eigenvalue weighted by Gasteiger charge is -2.22. The van der Waals surface area contributed by atoms with Crippen molar-refractivity contribution in [1.29, 1.82) is 0 Å². The summed E-state index contributed by atoms with van der Waals surface area (Å²) in [4.78, 5) is 0. The zero-order valence-corrected chi connectivity index (χ0v) is 12.1. The van der Waals surface area contributed by atoms with Crippen LogP contribution in [0, 0.1) is 3.57 Å². The Kier molecular flexibility index (Phi) is 4.79. The van der Waals surface area contributed by atoms with E-state index in [0.717, 1.165) is 30.9 Å². The van der Waals surface area contributed by atoms with E-state index in [1.165, 1.54) is 9.13 Å². The molecule has 2 nitrogen and oxygen atoms in total. The van der Waals surface area contributed by atoms with Crippen molar-refractivity contribution in [3.63, 3.8) is 0 Å². The van der Waals surface area contributed by atoms with E-state index in [2.05, 4.69) is 52.2 Å². The molecule has 0 spiro atoms. The molecule has 1 N–H and O–H groups in total. The second-order valence-electron chi connectivity index (χ2n) is 4.13. The van der Waals surface area contributed by atoms with Gasteiger partial charge in [-0.2, -0.15) is 0 Å². The summed E-state index contributed by atoms with van der Waals surface area (Å²) >= 11 is 2.32. The molecule has 1 aromatic carbocycles. The molecule has 1 saturated heterocycles. The maximum absolute atomic E-state index is 11.2. The molecule has 0 saturated carbocycles. The minimum absolute atomic E-state index is 0.553. The molecule has 2 rings (SSSR count). The predicted octanol–water partition coefficient (Wildman–Crippen LogP) is 2.29. The summed E-state index contributed by atoms with van der Waals surface area (Å²) < 4.78 is 12.5. The topological polar surface area (TPSA) is 29.1 Å². The molecule has 1 aromatic rings. The first-order valence-electron chi connectivity index (χ1n) is 5.57. The van der Waals surface area contributed by atoms with Crippen LogP contribution in [0.4, 0.5) is 0 Å². The predicted molar refractivity (Wildman–Crippen MR) is 76.9 cm³/mol. The van der Waals surface area contributed by atoms with Gasteiger partial charge in [-0.25, -0.2) is 0 Å². The van der Waals surface area contributed by atoms with Gasteiger partial charge in [0.15, 0.2) is 0 Å². The minimum Gasteiger partial charge on any atom is -0.310 e. The van der Waals surface area contributed by atoms with Gasteiger partial charge in [-0.3, -0.25) is 4.21 Å². The monoisotopic (exact) mass is 349 g/mol. The molecule has 1 heterocycles. The lowest BCUT2D eigenvalue weighted by Crippen LogP contribution is -2.35. The quantitative estimate of drug-likeness (QED) is 0.849. The van der Waals surface area contributed by atoms with Gasteiger partial charge in [0.05, 0.1) is 0 Å². The second-order valence-corrected chi connectivity index (χ2v) is 7.07. The average Bonchev–Trinajstić information content (AvgIpc) is 2.30. The van der Waals surface area contributed by atoms with Crippen molar-refractivity contribution in [1.82, 2.24) is 5.32 Å². The molecule has 88 valence electrons. The van der Waals surface area contributed by atoms with E-state index >= 15 is 0 Å². The van der Waals surface area contributed by atoms with Gasteiger partial charge in [0, 0.05) is 38.5 Å². The van der Waals surface area contributed by atoms with Crippen LogP contribution in [-0.4, -0.2) is 21.8 Å². The van der Waals surface area contributed by atoms with E-state index in [1.54, 1.807) is 0 Å². The fraction of sp³-hybridized carbons (Fsp3) is 0.500. The SMILES string of the molecule is O=S1CCC(NCc2ccc(I)cc2)CC1. The van der Waals surface area contributed by atoms with Gasteiger partial charge in [0.1, 0.15) is 0 Å². The van der Waals surface area contributed by atoms with Gasteiger partial charge in [0.2, 0.25) is 0 Å². The highest BCUT2D eigenvalue weighted by Gasteiger charge is 2.16. The molecule has 0 amide bonds. The average molecular weight is 349 g/mol. The number of benzene rings is 1. The normalized spacial score (nSPS) is 25.6. The zero-order chi connectivity index (χ0) is 11.4. The second kappa shape index (κ2) is 6.12. The zero-order valence-electron chi connectivity index (χ0n) is 9.12. The molecule has 0 aliphatic carbocycles. The lowest BCUT2D eigenvalue weighted by atomic mass is 10.1. The van der Waals surface area contributed by atoms with Crippen LogP contribution in [0.2, 0.25) is 0 Å². The van der Waals surface area contributed by atoms with Crippen LogP contribution in [0.1, 0.15) is 18.4 Å². The third-order valence-electron chi connectivity index (χ3n) is 2.90. The summed E-state index contributed by atoms with van der Waals surface area (Å²) in [7, 11) is -0.553. The van der Waals surface area contributed by atoms with Crippen LogP contribution in [0.25, 0.3) is 0 Å². The van der Waals surface area contributed by atoms with Gasteiger partial charge in [-0.1, -0.05) is 12.1 Å². The summed E-state index contributed by atoms with van der Waals surface area (Å²) in [6.45, 7) is 0.925. The molecule has 0 bridgehead atoms. The third-order valence-corrected chi connectivity index (χ3v) is 5.00. The van der Waals surface area contributed by atoms with Crippen molar-refractivity contribution >= 4 is 33.4 Å². The number of hydrogen-bond acceptors (Lipinski definition) is 2. The van der Waals surface area contributed by atoms with Gasteiger partial charge >= 0.3 is 0 Å². The smallest absolute Gasteiger partial charge is 0.0249 e. The van der Waals surface area contributed by atoms with E-state index in [9.17, 15) is 4.21 Å². The molecule has 0 atom stereocenters. The summed E-state index contributed by atoms with van der Waals surface area (Å²) in [6.07, 6.45) is 2.11. The maximum Gasteiger partial charge on any atom is 0.0249 e. The highest BCUT2D eigenvalue weighted by Crippen LogP contribution is 2.11. The van der Waals surface area contributed by atoms with E-state index < -0.39 is 10.8 Å². The fourth-order valence-electron chi connectivity index (χ4n) is 1.86. The van der Waals surface area contributed by atoms with Crippen LogP contribution in [0.3, 0.4) is 0 Å². The minimum atomic E-state index is -0.553. The van der Waals surface area contributed by atoms with Crippen LogP contribution < -0.4 is 5.32 Å². The molecule has 0 unspecified atom stereocenters. The van der Waals surface area contributed by atoms with Crippen molar-refractivity contribution < 1.29 is 4.21 Å². The molecular weight excluding hydrogens is 333 g/mol. The van der Waals surface area contributed by atoms with Crippen LogP contribution in [0.5, 0.6) is 0 Å². The van der Waals surface area contributed by atoms with Crippen LogP contribution in [0.15, 0.2) is 24.3 Å². The van der Waals surface area contributed by atoms with Crippen LogP contribution >= 0.6 is 22.6 Å². The van der Waals surface area contributed by atoms with Crippen molar-refractivity contribution in [2.45, 2.75) is 25.4 Å². The molecule has 0 aromatic heterocycles. The number of halogens is 1. The fourth-order valence-corrected chi connectivity index (χ4v) is 3.52. The van der Waals surface area contributed by atoms with Gasteiger partial charge < -0.3 is 5.32 Å². The highest BCUT2D eigenvalue weighted by atomic mass is 127. The van der Waals surface area contributed by atoms with Gasteiger partial charge in [-0.15, -0.1) is 0 Å². The van der Waals surface area contributed by atoms with E-state index in [1.807, 2.05) is 0 Å². The van der Waals surface area contributed by atoms with Crippen molar-refractivity contribution in [3.05, 3.63) is 33.4 Å². The Bertz CT molecular complexity index is 356. The Balaban J connectivity index is 1.79. The third kappa shape index (κ3) is 3.82. The lowest BCUT2D eigenvalue weighted by molar-refractivity contribution is 0.475. The first kappa shape index (κ1) is 12.5. The van der Waals surface area contributed by atoms with Crippen LogP contribution in [-0.2, 0) is 17.3 Å². The van der Waals surface area contributed by atoms with Gasteiger partial charge in [0.25, 0.3) is 0 Å². The maximum atomic E-state index is 11.2. The molecule has 1 aliphatic heterocycles. The summed E-state index contributed by atoms with van der Waals surface area (Å²) in [5.41, 5.74) is 1.33. The molecule has 0 radical (unpaired) electrons. The number of nitrogens with one attached hydrogen (secondary N) is 1. The summed E-state index contributed by atoms with van der Waals surface area (Å²) in [6, 6.07) is 9.14. The van der Waals surface area contributed by atoms with Crippen molar-refractivity contribution in [2.24, 2.45) is 0 Å². The Morgan fingerprint density at radius 3 is 2.50 bits per heavy atom. The Hall–Kier alpha value is 0.0600. The van der Waals surface area contributed by atoms with E-state index in [0.29, 0.717) is 6.04 Å². The van der Waals surface area contributed by atoms with Crippen molar-refractivity contribution in [2.75, 3.05) is 11.5 Å². The first-order valence-corrected chi connectivity index (χ1v) is 8.13. The number of hydrogen-bond donors (Lipinski definition) is 1. The Morgan fingerprint density at radius 1 is 1.25 bits per heavy atom. The summed E-state index contributed by atoms with van der Waals surface area (Å²) in [5, 5.41) is 3.54. The Morgan fingerprint density at radius 2 is 1.88 bits per heavy atom. The molecule has 1 aliphatic rings. The van der Waals surface area contributed by atoms with E-state index in [4.69, 9.17) is 0 Å². The largest absolute Gasteiger partial charge is 0.310 e. The number of rotatable bonds is 3. The highest BCUT2D eigenvalue weighted by molar-refractivity contribution is 14.1. The Labute approximate surface area is 113 Å². The van der Waals surface area contributed by atoms with Crippen molar-refractivity contribution in [3.8, 4) is 0 Å². The first-order chi connectivity index (χ1) is 7.74. The molecule has 1 fully saturated rings. The molecular formula is C12H16INOS. The van der Waals surface area contributed by atoms with Gasteiger partial charge in [-0.05, 0) is 53.1 Å². The molecule has 16 heavy (non-hydrogen) atoms. The standard InChI is InChI=1S/C12H16INOS/c13-11-3-1-10(2-4-11)9-14-12-5-7-16(15)8-6-12/h1-4,12,14H,5-9H2.